The number of ether oxygens (including phenoxy) is 1. The van der Waals surface area contributed by atoms with Gasteiger partial charge in [-0.1, -0.05) is 0 Å². The molecular weight excluding hydrogens is 216 g/mol. The monoisotopic (exact) mass is 230 g/mol. The number of carbonyl (C=O) groups excluding carboxylic acids is 1. The Kier molecular flexibility index (Phi) is 4.70. The van der Waals surface area contributed by atoms with Crippen LogP contribution in [-0.2, 0) is 9.53 Å². The standard InChI is InChI=1S/C9H14F4O2/c1-8(2,15-3)5-4-6(14)9(12,13)7(10)11/h7H,4-5H2,1-3H3. The zero-order valence-corrected chi connectivity index (χ0v) is 8.82. The van der Waals surface area contributed by atoms with E-state index in [2.05, 4.69) is 0 Å². The second kappa shape index (κ2) is 4.92. The molecule has 0 aromatic rings. The fraction of sp³-hybridized carbons (Fsp3) is 0.889. The van der Waals surface area contributed by atoms with Crippen LogP contribution in [0, 0.1) is 0 Å². The van der Waals surface area contributed by atoms with E-state index in [-0.39, 0.29) is 6.42 Å². The largest absolute Gasteiger partial charge is 0.379 e. The van der Waals surface area contributed by atoms with Gasteiger partial charge in [-0.2, -0.15) is 8.78 Å². The van der Waals surface area contributed by atoms with Crippen LogP contribution in [0.4, 0.5) is 17.6 Å². The van der Waals surface area contributed by atoms with Crippen LogP contribution in [0.3, 0.4) is 0 Å². The molecule has 0 fully saturated rings. The lowest BCUT2D eigenvalue weighted by Gasteiger charge is -2.23. The summed E-state index contributed by atoms with van der Waals surface area (Å²) in [5.74, 6) is -6.30. The Hall–Kier alpha value is -0.650. The number of carbonyl (C=O) groups is 1. The van der Waals surface area contributed by atoms with Gasteiger partial charge in [-0.15, -0.1) is 0 Å². The summed E-state index contributed by atoms with van der Waals surface area (Å²) in [5, 5.41) is 0. The summed E-state index contributed by atoms with van der Waals surface area (Å²) in [5.41, 5.74) is -0.770. The Morgan fingerprint density at radius 3 is 2.13 bits per heavy atom. The van der Waals surface area contributed by atoms with Gasteiger partial charge in [-0.25, -0.2) is 8.78 Å². The number of methoxy groups -OCH3 is 1. The fourth-order valence-corrected chi connectivity index (χ4v) is 0.805. The van der Waals surface area contributed by atoms with Crippen molar-refractivity contribution in [3.8, 4) is 0 Å². The minimum Gasteiger partial charge on any atom is -0.379 e. The second-order valence-corrected chi connectivity index (χ2v) is 3.81. The average molecular weight is 230 g/mol. The van der Waals surface area contributed by atoms with Gasteiger partial charge in [0.1, 0.15) is 0 Å². The maximum absolute atomic E-state index is 12.5. The summed E-state index contributed by atoms with van der Waals surface area (Å²) >= 11 is 0. The summed E-state index contributed by atoms with van der Waals surface area (Å²) in [4.78, 5) is 10.8. The Labute approximate surface area is 85.6 Å². The first kappa shape index (κ1) is 14.3. The molecule has 0 atom stereocenters. The van der Waals surface area contributed by atoms with Crippen LogP contribution in [0.25, 0.3) is 0 Å². The van der Waals surface area contributed by atoms with E-state index >= 15 is 0 Å². The van der Waals surface area contributed by atoms with Gasteiger partial charge in [0.25, 0.3) is 0 Å². The highest BCUT2D eigenvalue weighted by molar-refractivity contribution is 5.86. The smallest absolute Gasteiger partial charge is 0.364 e. The third-order valence-corrected chi connectivity index (χ3v) is 2.15. The van der Waals surface area contributed by atoms with Crippen LogP contribution >= 0.6 is 0 Å². The third kappa shape index (κ3) is 4.15. The fourth-order valence-electron chi connectivity index (χ4n) is 0.805. The first-order chi connectivity index (χ1) is 6.63. The molecular formula is C9H14F4O2. The van der Waals surface area contributed by atoms with Gasteiger partial charge in [0, 0.05) is 13.5 Å². The molecule has 0 amide bonds. The summed E-state index contributed by atoms with van der Waals surface area (Å²) in [6.07, 6.45) is -4.60. The molecule has 0 saturated heterocycles. The van der Waals surface area contributed by atoms with E-state index in [0.717, 1.165) is 0 Å². The van der Waals surface area contributed by atoms with Crippen molar-refractivity contribution in [2.75, 3.05) is 7.11 Å². The van der Waals surface area contributed by atoms with Gasteiger partial charge in [0.05, 0.1) is 5.60 Å². The van der Waals surface area contributed by atoms with Crippen molar-refractivity contribution < 1.29 is 27.1 Å². The highest BCUT2D eigenvalue weighted by atomic mass is 19.3. The normalized spacial score (nSPS) is 13.3. The molecule has 0 aliphatic carbocycles. The summed E-state index contributed by atoms with van der Waals surface area (Å²) in [7, 11) is 1.36. The Balaban J connectivity index is 4.28. The SMILES string of the molecule is COC(C)(C)CCC(=O)C(F)(F)C(F)F. The maximum Gasteiger partial charge on any atom is 0.364 e. The topological polar surface area (TPSA) is 26.3 Å². The van der Waals surface area contributed by atoms with Crippen molar-refractivity contribution in [2.24, 2.45) is 0 Å². The number of Topliss-reactive ketones (excluding diaryl/α,β-unsaturated/α-hetero) is 1. The van der Waals surface area contributed by atoms with E-state index in [4.69, 9.17) is 4.74 Å². The molecule has 15 heavy (non-hydrogen) atoms. The third-order valence-electron chi connectivity index (χ3n) is 2.15. The Morgan fingerprint density at radius 2 is 1.80 bits per heavy atom. The number of hydrogen-bond acceptors (Lipinski definition) is 2. The van der Waals surface area contributed by atoms with Crippen molar-refractivity contribution in [1.82, 2.24) is 0 Å². The molecule has 0 saturated carbocycles. The van der Waals surface area contributed by atoms with Crippen LogP contribution in [0.5, 0.6) is 0 Å². The van der Waals surface area contributed by atoms with Gasteiger partial charge in [0.15, 0.2) is 0 Å². The quantitative estimate of drug-likeness (QED) is 0.656. The predicted octanol–water partition coefficient (Wildman–Crippen LogP) is 2.66. The molecule has 6 heteroatoms. The van der Waals surface area contributed by atoms with Gasteiger partial charge < -0.3 is 4.74 Å². The van der Waals surface area contributed by atoms with Crippen molar-refractivity contribution in [3.63, 3.8) is 0 Å². The van der Waals surface area contributed by atoms with E-state index < -0.39 is 30.2 Å². The molecule has 90 valence electrons. The van der Waals surface area contributed by atoms with Gasteiger partial charge >= 0.3 is 12.3 Å². The van der Waals surface area contributed by atoms with Crippen LogP contribution in [0.1, 0.15) is 26.7 Å². The zero-order chi connectivity index (χ0) is 12.3. The summed E-state index contributed by atoms with van der Waals surface area (Å²) < 4.78 is 53.4. The molecule has 0 aliphatic heterocycles. The molecule has 0 rings (SSSR count). The van der Waals surface area contributed by atoms with Crippen molar-refractivity contribution in [3.05, 3.63) is 0 Å². The van der Waals surface area contributed by atoms with Gasteiger partial charge in [0.2, 0.25) is 5.78 Å². The van der Waals surface area contributed by atoms with E-state index in [0.29, 0.717) is 0 Å². The molecule has 2 nitrogen and oxygen atoms in total. The molecule has 0 aromatic heterocycles. The first-order valence-corrected chi connectivity index (χ1v) is 4.38. The minimum atomic E-state index is -4.55. The first-order valence-electron chi connectivity index (χ1n) is 4.38. The van der Waals surface area contributed by atoms with Crippen LogP contribution in [0.2, 0.25) is 0 Å². The van der Waals surface area contributed by atoms with E-state index in [1.165, 1.54) is 7.11 Å². The maximum atomic E-state index is 12.5. The molecule has 0 spiro atoms. The lowest BCUT2D eigenvalue weighted by molar-refractivity contribution is -0.168. The van der Waals surface area contributed by atoms with Crippen LogP contribution in [0.15, 0.2) is 0 Å². The number of hydrogen-bond donors (Lipinski definition) is 0. The number of alkyl halides is 4. The molecule has 0 radical (unpaired) electrons. The van der Waals surface area contributed by atoms with E-state index in [9.17, 15) is 22.4 Å². The van der Waals surface area contributed by atoms with E-state index in [1.807, 2.05) is 0 Å². The summed E-state index contributed by atoms with van der Waals surface area (Å²) in [6.45, 7) is 3.17. The minimum absolute atomic E-state index is 0.0232. The molecule has 0 unspecified atom stereocenters. The second-order valence-electron chi connectivity index (χ2n) is 3.81. The molecule has 0 aliphatic rings. The Bertz CT molecular complexity index is 226. The van der Waals surface area contributed by atoms with Gasteiger partial charge in [-0.05, 0) is 20.3 Å². The summed E-state index contributed by atoms with van der Waals surface area (Å²) in [6, 6.07) is 0. The van der Waals surface area contributed by atoms with Crippen molar-refractivity contribution >= 4 is 5.78 Å². The lowest BCUT2D eigenvalue weighted by atomic mass is 9.98. The van der Waals surface area contributed by atoms with E-state index in [1.54, 1.807) is 13.8 Å². The van der Waals surface area contributed by atoms with Crippen molar-refractivity contribution in [2.45, 2.75) is 44.6 Å². The van der Waals surface area contributed by atoms with Crippen LogP contribution < -0.4 is 0 Å². The molecule has 0 N–H and O–H groups in total. The highest BCUT2D eigenvalue weighted by Crippen LogP contribution is 2.27. The van der Waals surface area contributed by atoms with Crippen molar-refractivity contribution in [1.29, 1.82) is 0 Å². The van der Waals surface area contributed by atoms with Gasteiger partial charge in [-0.3, -0.25) is 4.79 Å². The number of ketones is 1. The molecule has 0 heterocycles. The highest BCUT2D eigenvalue weighted by Gasteiger charge is 2.48. The lowest BCUT2D eigenvalue weighted by Crippen LogP contribution is -2.37. The number of rotatable bonds is 6. The predicted molar refractivity (Wildman–Crippen MR) is 46.3 cm³/mol. The van der Waals surface area contributed by atoms with Crippen LogP contribution in [-0.4, -0.2) is 30.8 Å². The zero-order valence-electron chi connectivity index (χ0n) is 8.82. The molecule has 0 bridgehead atoms. The average Bonchev–Trinajstić information content (AvgIpc) is 2.14. The molecule has 0 aromatic carbocycles. The Morgan fingerprint density at radius 1 is 1.33 bits per heavy atom. The number of halogens is 4.